The second-order valence-corrected chi connectivity index (χ2v) is 4.01. The molecule has 0 bridgehead atoms. The first kappa shape index (κ1) is 12.3. The van der Waals surface area contributed by atoms with Crippen LogP contribution in [0, 0.1) is 11.8 Å². The van der Waals surface area contributed by atoms with Gasteiger partial charge in [-0.25, -0.2) is 0 Å². The molecule has 0 aromatic rings. The van der Waals surface area contributed by atoms with E-state index in [4.69, 9.17) is 4.74 Å². The molecule has 2 nitrogen and oxygen atoms in total. The lowest BCUT2D eigenvalue weighted by molar-refractivity contribution is -0.147. The third-order valence-corrected chi connectivity index (χ3v) is 3.02. The summed E-state index contributed by atoms with van der Waals surface area (Å²) in [5, 5.41) is 0. The second kappa shape index (κ2) is 5.92. The molecule has 0 amide bonds. The fourth-order valence-corrected chi connectivity index (χ4v) is 2.23. The van der Waals surface area contributed by atoms with Crippen LogP contribution in [0.5, 0.6) is 0 Å². The molecule has 0 atom stereocenters. The highest BCUT2D eigenvalue weighted by Crippen LogP contribution is 2.33. The van der Waals surface area contributed by atoms with Crippen molar-refractivity contribution in [2.45, 2.75) is 58.0 Å². The molecule has 0 saturated heterocycles. The number of carbonyl (C=O) groups excluding carboxylic acids is 1. The van der Waals surface area contributed by atoms with Crippen LogP contribution in [-0.4, -0.2) is 18.0 Å². The van der Waals surface area contributed by atoms with E-state index in [-0.39, 0.29) is 5.78 Å². The van der Waals surface area contributed by atoms with Gasteiger partial charge in [0.2, 0.25) is 0 Å². The van der Waals surface area contributed by atoms with E-state index in [2.05, 4.69) is 11.8 Å². The van der Waals surface area contributed by atoms with Crippen molar-refractivity contribution in [3.63, 3.8) is 0 Å². The van der Waals surface area contributed by atoms with Crippen LogP contribution in [0.2, 0.25) is 0 Å². The fourth-order valence-electron chi connectivity index (χ4n) is 2.23. The molecular formula is C13H20O2. The van der Waals surface area contributed by atoms with Gasteiger partial charge in [0.05, 0.1) is 6.42 Å². The quantitative estimate of drug-likeness (QED) is 0.664. The Kier molecular flexibility index (Phi) is 4.84. The predicted octanol–water partition coefficient (Wildman–Crippen LogP) is 2.71. The Morgan fingerprint density at radius 1 is 1.33 bits per heavy atom. The molecule has 1 rings (SSSR count). The number of ketones is 1. The number of hydrogen-bond acceptors (Lipinski definition) is 2. The van der Waals surface area contributed by atoms with Crippen LogP contribution in [0.25, 0.3) is 0 Å². The minimum atomic E-state index is -0.503. The Balaban J connectivity index is 2.68. The van der Waals surface area contributed by atoms with Crippen LogP contribution in [0.1, 0.15) is 52.4 Å². The fraction of sp³-hybridized carbons (Fsp3) is 0.769. The summed E-state index contributed by atoms with van der Waals surface area (Å²) in [6.45, 7) is 4.34. The molecule has 0 unspecified atom stereocenters. The highest BCUT2D eigenvalue weighted by atomic mass is 16.5. The number of hydrogen-bond donors (Lipinski definition) is 0. The predicted molar refractivity (Wildman–Crippen MR) is 60.5 cm³/mol. The summed E-state index contributed by atoms with van der Waals surface area (Å²) in [4.78, 5) is 12.0. The van der Waals surface area contributed by atoms with Crippen molar-refractivity contribution in [2.75, 3.05) is 6.61 Å². The molecular weight excluding hydrogens is 188 g/mol. The van der Waals surface area contributed by atoms with E-state index in [1.54, 1.807) is 6.92 Å². The van der Waals surface area contributed by atoms with Crippen molar-refractivity contribution in [3.8, 4) is 11.8 Å². The normalized spacial score (nSPS) is 19.1. The minimum Gasteiger partial charge on any atom is -0.367 e. The molecule has 1 fully saturated rings. The van der Waals surface area contributed by atoms with Crippen LogP contribution in [-0.2, 0) is 9.53 Å². The summed E-state index contributed by atoms with van der Waals surface area (Å²) in [7, 11) is 0. The lowest BCUT2D eigenvalue weighted by Crippen LogP contribution is -2.43. The average Bonchev–Trinajstić information content (AvgIpc) is 2.27. The molecule has 0 aromatic heterocycles. The topological polar surface area (TPSA) is 26.3 Å². The number of Topliss-reactive ketones (excluding diaryl/α,β-unsaturated/α-hetero) is 1. The summed E-state index contributed by atoms with van der Waals surface area (Å²) in [6, 6.07) is 0. The van der Waals surface area contributed by atoms with Gasteiger partial charge in [-0.3, -0.25) is 4.79 Å². The van der Waals surface area contributed by atoms with Crippen molar-refractivity contribution >= 4 is 5.78 Å². The lowest BCUT2D eigenvalue weighted by atomic mass is 9.80. The second-order valence-electron chi connectivity index (χ2n) is 4.01. The van der Waals surface area contributed by atoms with E-state index in [1.807, 2.05) is 6.92 Å². The molecule has 0 aliphatic heterocycles. The van der Waals surface area contributed by atoms with E-state index < -0.39 is 5.60 Å². The van der Waals surface area contributed by atoms with Crippen molar-refractivity contribution < 1.29 is 9.53 Å². The van der Waals surface area contributed by atoms with Crippen molar-refractivity contribution in [1.82, 2.24) is 0 Å². The Morgan fingerprint density at radius 3 is 2.53 bits per heavy atom. The molecule has 1 saturated carbocycles. The van der Waals surface area contributed by atoms with Crippen LogP contribution in [0.15, 0.2) is 0 Å². The van der Waals surface area contributed by atoms with Crippen LogP contribution in [0.4, 0.5) is 0 Å². The molecule has 0 aromatic carbocycles. The molecule has 0 radical (unpaired) electrons. The number of rotatable bonds is 4. The molecule has 1 aliphatic rings. The summed E-state index contributed by atoms with van der Waals surface area (Å²) >= 11 is 0. The maximum atomic E-state index is 12.0. The monoisotopic (exact) mass is 208 g/mol. The van der Waals surface area contributed by atoms with E-state index in [1.165, 1.54) is 6.42 Å². The van der Waals surface area contributed by atoms with Gasteiger partial charge in [0.15, 0.2) is 5.78 Å². The highest BCUT2D eigenvalue weighted by Gasteiger charge is 2.39. The van der Waals surface area contributed by atoms with Crippen LogP contribution in [0.3, 0.4) is 0 Å². The summed E-state index contributed by atoms with van der Waals surface area (Å²) < 4.78 is 5.71. The molecule has 0 spiro atoms. The van der Waals surface area contributed by atoms with Gasteiger partial charge in [0, 0.05) is 6.61 Å². The maximum Gasteiger partial charge on any atom is 0.176 e. The van der Waals surface area contributed by atoms with Gasteiger partial charge < -0.3 is 4.74 Å². The zero-order valence-corrected chi connectivity index (χ0v) is 9.77. The lowest BCUT2D eigenvalue weighted by Gasteiger charge is -2.35. The molecule has 0 heterocycles. The molecule has 15 heavy (non-hydrogen) atoms. The van der Waals surface area contributed by atoms with E-state index in [9.17, 15) is 4.79 Å². The largest absolute Gasteiger partial charge is 0.367 e. The van der Waals surface area contributed by atoms with Gasteiger partial charge in [-0.2, -0.15) is 0 Å². The zero-order chi connectivity index (χ0) is 11.1. The SMILES string of the molecule is CC#CCC(=O)C1(OCC)CCCCC1. The van der Waals surface area contributed by atoms with Crippen LogP contribution < -0.4 is 0 Å². The Hall–Kier alpha value is -0.810. The Morgan fingerprint density at radius 2 is 2.00 bits per heavy atom. The maximum absolute atomic E-state index is 12.0. The molecule has 1 aliphatic carbocycles. The Bertz CT molecular complexity index is 258. The van der Waals surface area contributed by atoms with Gasteiger partial charge >= 0.3 is 0 Å². The zero-order valence-electron chi connectivity index (χ0n) is 9.77. The van der Waals surface area contributed by atoms with Gasteiger partial charge in [-0.15, -0.1) is 5.92 Å². The van der Waals surface area contributed by atoms with Gasteiger partial charge in [-0.05, 0) is 26.7 Å². The smallest absolute Gasteiger partial charge is 0.176 e. The number of ether oxygens (including phenoxy) is 1. The summed E-state index contributed by atoms with van der Waals surface area (Å²) in [5.41, 5.74) is -0.503. The van der Waals surface area contributed by atoms with Crippen LogP contribution >= 0.6 is 0 Å². The first-order chi connectivity index (χ1) is 7.25. The Labute approximate surface area is 92.4 Å². The van der Waals surface area contributed by atoms with E-state index in [0.717, 1.165) is 25.7 Å². The first-order valence-electron chi connectivity index (χ1n) is 5.82. The summed E-state index contributed by atoms with van der Waals surface area (Å²) in [6.07, 6.45) is 5.53. The van der Waals surface area contributed by atoms with Gasteiger partial charge in [0.25, 0.3) is 0 Å². The van der Waals surface area contributed by atoms with Crippen molar-refractivity contribution in [1.29, 1.82) is 0 Å². The molecule has 2 heteroatoms. The van der Waals surface area contributed by atoms with Gasteiger partial charge in [-0.1, -0.05) is 25.2 Å². The van der Waals surface area contributed by atoms with E-state index >= 15 is 0 Å². The average molecular weight is 208 g/mol. The van der Waals surface area contributed by atoms with E-state index in [0.29, 0.717) is 13.0 Å². The van der Waals surface area contributed by atoms with Gasteiger partial charge in [0.1, 0.15) is 5.60 Å². The molecule has 84 valence electrons. The third kappa shape index (κ3) is 3.07. The number of carbonyl (C=O) groups is 1. The van der Waals surface area contributed by atoms with Crippen molar-refractivity contribution in [3.05, 3.63) is 0 Å². The third-order valence-electron chi connectivity index (χ3n) is 3.02. The molecule has 0 N–H and O–H groups in total. The summed E-state index contributed by atoms with van der Waals surface area (Å²) in [5.74, 6) is 5.80. The first-order valence-corrected chi connectivity index (χ1v) is 5.82. The standard InChI is InChI=1S/C13H20O2/c1-3-5-9-12(14)13(15-4-2)10-7-6-8-11-13/h4,6-11H2,1-2H3. The van der Waals surface area contributed by atoms with Crippen molar-refractivity contribution in [2.24, 2.45) is 0 Å². The highest BCUT2D eigenvalue weighted by molar-refractivity contribution is 5.89. The minimum absolute atomic E-state index is 0.179.